The zero-order valence-corrected chi connectivity index (χ0v) is 38.5. The van der Waals surface area contributed by atoms with Crippen LogP contribution in [0.15, 0.2) is 243 Å². The third-order valence-corrected chi connectivity index (χ3v) is 14.4. The Morgan fingerprint density at radius 2 is 0.783 bits per heavy atom. The number of nitrogens with zero attached hydrogens (tertiary/aromatic N) is 2. The highest BCUT2D eigenvalue weighted by Gasteiger charge is 2.39. The molecule has 1 aliphatic carbocycles. The second-order valence-electron chi connectivity index (χ2n) is 18.9. The molecule has 0 fully saturated rings. The van der Waals surface area contributed by atoms with E-state index in [1.54, 1.807) is 0 Å². The number of benzene rings is 10. The smallest absolute Gasteiger partial charge is 0.0759 e. The predicted molar refractivity (Wildman–Crippen MR) is 290 cm³/mol. The second kappa shape index (κ2) is 16.3. The number of rotatable bonds is 7. The second-order valence-corrected chi connectivity index (χ2v) is 18.9. The quantitative estimate of drug-likeness (QED) is 0.149. The van der Waals surface area contributed by atoms with E-state index in [0.717, 1.165) is 44.9 Å². The fourth-order valence-corrected chi connectivity index (χ4v) is 10.9. The molecule has 10 aromatic carbocycles. The summed E-state index contributed by atoms with van der Waals surface area (Å²) in [6.07, 6.45) is 0. The summed E-state index contributed by atoms with van der Waals surface area (Å²) in [4.78, 5) is 10.8. The molecular formula is C67H46N2. The van der Waals surface area contributed by atoms with Gasteiger partial charge in [-0.15, -0.1) is 0 Å². The zero-order chi connectivity index (χ0) is 46.1. The third kappa shape index (κ3) is 7.03. The van der Waals surface area contributed by atoms with Crippen LogP contribution >= 0.6 is 0 Å². The first kappa shape index (κ1) is 40.5. The fourth-order valence-electron chi connectivity index (χ4n) is 10.9. The summed E-state index contributed by atoms with van der Waals surface area (Å²) in [5.41, 5.74) is 21.8. The van der Waals surface area contributed by atoms with Gasteiger partial charge in [0.15, 0.2) is 0 Å². The molecule has 1 aliphatic rings. The van der Waals surface area contributed by atoms with Crippen molar-refractivity contribution in [2.24, 2.45) is 0 Å². The van der Waals surface area contributed by atoms with E-state index in [-0.39, 0.29) is 5.41 Å². The standard InChI is InChI=1S/C67H46N2/c1-67(2)59-20-12-11-19-58(59)66-65(67)63(64-57-18-10-9-17-49(57)37-38-60(64)69-66)51-31-27-47(28-32-51)52-33-34-54-40-55(36-35-53(54)39-52)62-42-56(48-23-21-45(22-24-48)43-13-5-3-6-14-43)41-61(68-62)50-29-25-46(26-30-50)44-15-7-4-8-16-44/h3-42H,1-2H3. The molecule has 324 valence electrons. The normalized spacial score (nSPS) is 12.6. The van der Waals surface area contributed by atoms with Crippen LogP contribution in [0.3, 0.4) is 0 Å². The Balaban J connectivity index is 0.867. The van der Waals surface area contributed by atoms with Crippen molar-refractivity contribution in [3.05, 3.63) is 254 Å². The minimum Gasteiger partial charge on any atom is -0.248 e. The molecule has 2 heterocycles. The van der Waals surface area contributed by atoms with Gasteiger partial charge < -0.3 is 0 Å². The Kier molecular flexibility index (Phi) is 9.55. The molecule has 0 saturated carbocycles. The van der Waals surface area contributed by atoms with Crippen molar-refractivity contribution in [1.29, 1.82) is 0 Å². The van der Waals surface area contributed by atoms with Crippen LogP contribution in [0.1, 0.15) is 25.0 Å². The van der Waals surface area contributed by atoms with Gasteiger partial charge in [-0.1, -0.05) is 226 Å². The van der Waals surface area contributed by atoms with Crippen LogP contribution in [0.25, 0.3) is 122 Å². The lowest BCUT2D eigenvalue weighted by Crippen LogP contribution is -2.16. The maximum atomic E-state index is 5.41. The van der Waals surface area contributed by atoms with Crippen molar-refractivity contribution in [2.45, 2.75) is 19.3 Å². The predicted octanol–water partition coefficient (Wildman–Crippen LogP) is 17.9. The number of hydrogen-bond acceptors (Lipinski definition) is 2. The number of fused-ring (bicyclic) bond motifs is 7. The van der Waals surface area contributed by atoms with Crippen molar-refractivity contribution < 1.29 is 0 Å². The maximum Gasteiger partial charge on any atom is 0.0759 e. The highest BCUT2D eigenvalue weighted by Crippen LogP contribution is 2.54. The van der Waals surface area contributed by atoms with E-state index in [1.807, 2.05) is 0 Å². The van der Waals surface area contributed by atoms with Crippen molar-refractivity contribution in [3.8, 4) is 89.4 Å². The van der Waals surface area contributed by atoms with Crippen LogP contribution in [-0.2, 0) is 5.41 Å². The molecule has 2 aromatic heterocycles. The van der Waals surface area contributed by atoms with Gasteiger partial charge in [0.05, 0.1) is 22.6 Å². The average Bonchev–Trinajstić information content (AvgIpc) is 3.65. The summed E-state index contributed by atoms with van der Waals surface area (Å²) in [6, 6.07) is 88.0. The lowest BCUT2D eigenvalue weighted by atomic mass is 9.78. The fraction of sp³-hybridized carbons (Fsp3) is 0.0448. The number of hydrogen-bond donors (Lipinski definition) is 0. The number of aromatic nitrogens is 2. The molecule has 0 saturated heterocycles. The summed E-state index contributed by atoms with van der Waals surface area (Å²) < 4.78 is 0. The molecular weight excluding hydrogens is 833 g/mol. The minimum atomic E-state index is -0.212. The van der Waals surface area contributed by atoms with E-state index >= 15 is 0 Å². The summed E-state index contributed by atoms with van der Waals surface area (Å²) in [5.74, 6) is 0. The van der Waals surface area contributed by atoms with E-state index in [2.05, 4.69) is 257 Å². The summed E-state index contributed by atoms with van der Waals surface area (Å²) >= 11 is 0. The monoisotopic (exact) mass is 878 g/mol. The Hall–Kier alpha value is -8.72. The van der Waals surface area contributed by atoms with E-state index < -0.39 is 0 Å². The SMILES string of the molecule is CC1(C)c2ccccc2-c2nc3ccc4ccccc4c3c(-c3ccc(-c4ccc5cc(-c6cc(-c7ccc(-c8ccccc8)cc7)cc(-c7ccc(-c8ccccc8)cc7)n6)ccc5c4)cc3)c21. The molecule has 0 N–H and O–H groups in total. The van der Waals surface area contributed by atoms with Crippen LogP contribution in [0.4, 0.5) is 0 Å². The molecule has 2 heteroatoms. The van der Waals surface area contributed by atoms with Crippen LogP contribution in [-0.4, -0.2) is 9.97 Å². The van der Waals surface area contributed by atoms with Gasteiger partial charge >= 0.3 is 0 Å². The van der Waals surface area contributed by atoms with Gasteiger partial charge in [-0.2, -0.15) is 0 Å². The van der Waals surface area contributed by atoms with Crippen LogP contribution in [0, 0.1) is 0 Å². The summed E-state index contributed by atoms with van der Waals surface area (Å²) in [5, 5.41) is 6.04. The molecule has 69 heavy (non-hydrogen) atoms. The van der Waals surface area contributed by atoms with Crippen molar-refractivity contribution >= 4 is 32.4 Å². The summed E-state index contributed by atoms with van der Waals surface area (Å²) in [6.45, 7) is 4.71. The van der Waals surface area contributed by atoms with E-state index in [1.165, 1.54) is 88.1 Å². The van der Waals surface area contributed by atoms with Crippen molar-refractivity contribution in [2.75, 3.05) is 0 Å². The van der Waals surface area contributed by atoms with Gasteiger partial charge in [-0.25, -0.2) is 9.97 Å². The van der Waals surface area contributed by atoms with E-state index in [9.17, 15) is 0 Å². The first-order chi connectivity index (χ1) is 33.9. The first-order valence-corrected chi connectivity index (χ1v) is 23.9. The molecule has 0 atom stereocenters. The molecule has 0 spiro atoms. The molecule has 2 nitrogen and oxygen atoms in total. The Morgan fingerprint density at radius 1 is 0.319 bits per heavy atom. The van der Waals surface area contributed by atoms with E-state index in [4.69, 9.17) is 9.97 Å². The largest absolute Gasteiger partial charge is 0.248 e. The molecule has 13 rings (SSSR count). The lowest BCUT2D eigenvalue weighted by Gasteiger charge is -2.25. The molecule has 0 bridgehead atoms. The molecule has 12 aromatic rings. The van der Waals surface area contributed by atoms with Gasteiger partial charge in [0.2, 0.25) is 0 Å². The first-order valence-electron chi connectivity index (χ1n) is 23.9. The van der Waals surface area contributed by atoms with Gasteiger partial charge in [0.1, 0.15) is 0 Å². The molecule has 0 aliphatic heterocycles. The topological polar surface area (TPSA) is 25.8 Å². The van der Waals surface area contributed by atoms with E-state index in [0.29, 0.717) is 0 Å². The minimum absolute atomic E-state index is 0.212. The zero-order valence-electron chi connectivity index (χ0n) is 38.5. The lowest BCUT2D eigenvalue weighted by molar-refractivity contribution is 0.662. The van der Waals surface area contributed by atoms with Gasteiger partial charge in [0.25, 0.3) is 0 Å². The van der Waals surface area contributed by atoms with Gasteiger partial charge in [-0.3, -0.25) is 0 Å². The van der Waals surface area contributed by atoms with Crippen LogP contribution in [0.5, 0.6) is 0 Å². The average molecular weight is 879 g/mol. The highest BCUT2D eigenvalue weighted by molar-refractivity contribution is 6.16. The molecule has 0 radical (unpaired) electrons. The summed E-state index contributed by atoms with van der Waals surface area (Å²) in [7, 11) is 0. The van der Waals surface area contributed by atoms with Crippen LogP contribution < -0.4 is 0 Å². The Labute approximate surface area is 402 Å². The van der Waals surface area contributed by atoms with Gasteiger partial charge in [0, 0.05) is 27.5 Å². The maximum absolute atomic E-state index is 5.41. The number of pyridine rings is 2. The third-order valence-electron chi connectivity index (χ3n) is 14.4. The highest BCUT2D eigenvalue weighted by atomic mass is 14.7. The Morgan fingerprint density at radius 3 is 1.45 bits per heavy atom. The van der Waals surface area contributed by atoms with Crippen molar-refractivity contribution in [3.63, 3.8) is 0 Å². The van der Waals surface area contributed by atoms with Crippen LogP contribution in [0.2, 0.25) is 0 Å². The Bertz CT molecular complexity index is 3820. The van der Waals surface area contributed by atoms with Gasteiger partial charge in [-0.05, 0) is 119 Å². The molecule has 0 unspecified atom stereocenters. The molecule has 0 amide bonds. The van der Waals surface area contributed by atoms with Crippen molar-refractivity contribution in [1.82, 2.24) is 9.97 Å².